The molecular formula is C11H18N2O5. The molecule has 2 heterocycles. The molecule has 102 valence electrons. The largest absolute Gasteiger partial charge is 0.480 e. The Morgan fingerprint density at radius 3 is 2.61 bits per heavy atom. The number of urea groups is 1. The predicted octanol–water partition coefficient (Wildman–Crippen LogP) is -0.917. The first-order chi connectivity index (χ1) is 8.54. The topological polar surface area (TPSA) is 101 Å². The van der Waals surface area contributed by atoms with Crippen LogP contribution in [0.5, 0.6) is 0 Å². The number of rotatable bonds is 2. The minimum absolute atomic E-state index is 0.0461. The number of aliphatic hydroxyl groups is 2. The van der Waals surface area contributed by atoms with Crippen molar-refractivity contribution < 1.29 is 24.9 Å². The van der Waals surface area contributed by atoms with Gasteiger partial charge in [0.05, 0.1) is 18.8 Å². The third-order valence-corrected chi connectivity index (χ3v) is 3.64. The van der Waals surface area contributed by atoms with Gasteiger partial charge in [-0.15, -0.1) is 0 Å². The third-order valence-electron chi connectivity index (χ3n) is 3.64. The van der Waals surface area contributed by atoms with Gasteiger partial charge >= 0.3 is 12.0 Å². The van der Waals surface area contributed by atoms with Gasteiger partial charge in [-0.05, 0) is 12.8 Å². The summed E-state index contributed by atoms with van der Waals surface area (Å²) in [7, 11) is 0. The van der Waals surface area contributed by atoms with Crippen molar-refractivity contribution in [3.8, 4) is 0 Å². The fourth-order valence-electron chi connectivity index (χ4n) is 2.70. The molecule has 7 heteroatoms. The van der Waals surface area contributed by atoms with Crippen molar-refractivity contribution in [2.45, 2.75) is 37.5 Å². The maximum atomic E-state index is 12.2. The predicted molar refractivity (Wildman–Crippen MR) is 61.0 cm³/mol. The van der Waals surface area contributed by atoms with Gasteiger partial charge in [0.2, 0.25) is 0 Å². The lowest BCUT2D eigenvalue weighted by molar-refractivity contribution is -0.141. The van der Waals surface area contributed by atoms with Gasteiger partial charge in [0.1, 0.15) is 6.04 Å². The lowest BCUT2D eigenvalue weighted by Gasteiger charge is -2.30. The number of carboxylic acid groups (broad SMARTS) is 1. The molecule has 2 fully saturated rings. The molecule has 0 radical (unpaired) electrons. The number of β-amino-alcohol motifs (C(OH)–C–C–N with tert-alkyl or cyclic N) is 1. The van der Waals surface area contributed by atoms with E-state index in [1.807, 2.05) is 0 Å². The highest BCUT2D eigenvalue weighted by molar-refractivity contribution is 5.83. The number of carboxylic acids is 1. The van der Waals surface area contributed by atoms with E-state index in [0.29, 0.717) is 6.54 Å². The average molecular weight is 258 g/mol. The molecule has 0 spiro atoms. The summed E-state index contributed by atoms with van der Waals surface area (Å²) >= 11 is 0. The summed E-state index contributed by atoms with van der Waals surface area (Å²) in [6, 6.07) is -1.59. The van der Waals surface area contributed by atoms with E-state index in [-0.39, 0.29) is 25.6 Å². The van der Waals surface area contributed by atoms with Crippen LogP contribution in [0.25, 0.3) is 0 Å². The molecular weight excluding hydrogens is 240 g/mol. The van der Waals surface area contributed by atoms with Crippen LogP contribution in [0.4, 0.5) is 4.79 Å². The molecule has 0 aromatic heterocycles. The molecule has 18 heavy (non-hydrogen) atoms. The van der Waals surface area contributed by atoms with Gasteiger partial charge in [-0.2, -0.15) is 0 Å². The van der Waals surface area contributed by atoms with E-state index in [0.717, 1.165) is 12.8 Å². The fourth-order valence-corrected chi connectivity index (χ4v) is 2.70. The Labute approximate surface area is 105 Å². The average Bonchev–Trinajstić information content (AvgIpc) is 2.93. The molecule has 7 nitrogen and oxygen atoms in total. The van der Waals surface area contributed by atoms with Crippen LogP contribution in [-0.4, -0.2) is 75.0 Å². The van der Waals surface area contributed by atoms with Crippen molar-refractivity contribution in [2.24, 2.45) is 0 Å². The number of carbonyl (C=O) groups is 2. The molecule has 3 atom stereocenters. The van der Waals surface area contributed by atoms with Crippen molar-refractivity contribution in [1.82, 2.24) is 9.80 Å². The van der Waals surface area contributed by atoms with Crippen LogP contribution in [0.15, 0.2) is 0 Å². The molecule has 2 saturated heterocycles. The number of hydrogen-bond donors (Lipinski definition) is 3. The minimum Gasteiger partial charge on any atom is -0.480 e. The lowest BCUT2D eigenvalue weighted by Crippen LogP contribution is -2.50. The van der Waals surface area contributed by atoms with Crippen LogP contribution in [-0.2, 0) is 4.79 Å². The zero-order chi connectivity index (χ0) is 13.3. The van der Waals surface area contributed by atoms with Gasteiger partial charge < -0.3 is 25.1 Å². The molecule has 0 aliphatic carbocycles. The van der Waals surface area contributed by atoms with Crippen molar-refractivity contribution in [3.05, 3.63) is 0 Å². The van der Waals surface area contributed by atoms with Gasteiger partial charge in [-0.1, -0.05) is 0 Å². The van der Waals surface area contributed by atoms with Crippen LogP contribution in [0.3, 0.4) is 0 Å². The van der Waals surface area contributed by atoms with Gasteiger partial charge in [0, 0.05) is 19.5 Å². The monoisotopic (exact) mass is 258 g/mol. The highest BCUT2D eigenvalue weighted by Gasteiger charge is 2.42. The van der Waals surface area contributed by atoms with E-state index < -0.39 is 24.1 Å². The van der Waals surface area contributed by atoms with E-state index in [1.54, 1.807) is 0 Å². The van der Waals surface area contributed by atoms with Crippen LogP contribution in [0.2, 0.25) is 0 Å². The molecule has 2 amide bonds. The summed E-state index contributed by atoms with van der Waals surface area (Å²) in [5, 5.41) is 27.7. The quantitative estimate of drug-likeness (QED) is 0.595. The Hall–Kier alpha value is -1.34. The first-order valence-corrected chi connectivity index (χ1v) is 6.13. The summed E-state index contributed by atoms with van der Waals surface area (Å²) in [6.07, 6.45) is 0.824. The molecule has 1 unspecified atom stereocenters. The van der Waals surface area contributed by atoms with Crippen LogP contribution >= 0.6 is 0 Å². The smallest absolute Gasteiger partial charge is 0.326 e. The number of amides is 2. The lowest BCUT2D eigenvalue weighted by atomic mass is 10.2. The molecule has 0 aromatic rings. The number of aliphatic hydroxyl groups excluding tert-OH is 2. The van der Waals surface area contributed by atoms with E-state index in [9.17, 15) is 19.8 Å². The highest BCUT2D eigenvalue weighted by atomic mass is 16.4. The minimum atomic E-state index is -1.10. The van der Waals surface area contributed by atoms with Crippen molar-refractivity contribution in [3.63, 3.8) is 0 Å². The van der Waals surface area contributed by atoms with Crippen LogP contribution < -0.4 is 0 Å². The second-order valence-corrected chi connectivity index (χ2v) is 4.85. The van der Waals surface area contributed by atoms with Gasteiger partial charge in [0.15, 0.2) is 0 Å². The molecule has 0 bridgehead atoms. The summed E-state index contributed by atoms with van der Waals surface area (Å²) < 4.78 is 0. The number of hydrogen-bond acceptors (Lipinski definition) is 4. The summed E-state index contributed by atoms with van der Waals surface area (Å²) in [5.74, 6) is -1.10. The number of carbonyl (C=O) groups excluding carboxylic acids is 1. The number of nitrogens with zero attached hydrogens (tertiary/aromatic N) is 2. The zero-order valence-corrected chi connectivity index (χ0v) is 10.0. The standard InChI is InChI=1S/C11H18N2O5/c14-6-7-2-1-3-12(7)11(18)13-5-8(15)4-9(13)10(16)17/h7-9,14-15H,1-6H2,(H,16,17)/t7?,8-,9-/m1/s1. The van der Waals surface area contributed by atoms with Crippen molar-refractivity contribution >= 4 is 12.0 Å². The summed E-state index contributed by atoms with van der Waals surface area (Å²) in [4.78, 5) is 26.0. The molecule has 3 N–H and O–H groups in total. The summed E-state index contributed by atoms with van der Waals surface area (Å²) in [6.45, 7) is 0.466. The first-order valence-electron chi connectivity index (χ1n) is 6.13. The van der Waals surface area contributed by atoms with Gasteiger partial charge in [-0.25, -0.2) is 9.59 Å². The Morgan fingerprint density at radius 1 is 1.28 bits per heavy atom. The Balaban J connectivity index is 2.10. The van der Waals surface area contributed by atoms with Gasteiger partial charge in [-0.3, -0.25) is 0 Å². The normalized spacial score (nSPS) is 32.0. The Bertz CT molecular complexity index is 348. The zero-order valence-electron chi connectivity index (χ0n) is 10.0. The van der Waals surface area contributed by atoms with E-state index in [2.05, 4.69) is 0 Å². The van der Waals surface area contributed by atoms with Crippen LogP contribution in [0.1, 0.15) is 19.3 Å². The van der Waals surface area contributed by atoms with E-state index in [4.69, 9.17) is 5.11 Å². The molecule has 2 aliphatic heterocycles. The maximum absolute atomic E-state index is 12.2. The molecule has 2 aliphatic rings. The molecule has 0 saturated carbocycles. The summed E-state index contributed by atoms with van der Waals surface area (Å²) in [5.41, 5.74) is 0. The second-order valence-electron chi connectivity index (χ2n) is 4.85. The fraction of sp³-hybridized carbons (Fsp3) is 0.818. The van der Waals surface area contributed by atoms with Crippen molar-refractivity contribution in [1.29, 1.82) is 0 Å². The van der Waals surface area contributed by atoms with Gasteiger partial charge in [0.25, 0.3) is 0 Å². The number of likely N-dealkylation sites (tertiary alicyclic amines) is 2. The highest BCUT2D eigenvalue weighted by Crippen LogP contribution is 2.24. The second kappa shape index (κ2) is 5.11. The third kappa shape index (κ3) is 2.28. The SMILES string of the molecule is O=C(O)[C@H]1C[C@@H](O)CN1C(=O)N1CCCC1CO. The Morgan fingerprint density at radius 2 is 2.00 bits per heavy atom. The van der Waals surface area contributed by atoms with E-state index in [1.165, 1.54) is 9.80 Å². The molecule has 2 rings (SSSR count). The van der Waals surface area contributed by atoms with Crippen molar-refractivity contribution in [2.75, 3.05) is 19.7 Å². The number of aliphatic carboxylic acids is 1. The Kier molecular flexibility index (Phi) is 3.72. The van der Waals surface area contributed by atoms with E-state index >= 15 is 0 Å². The van der Waals surface area contributed by atoms with Crippen LogP contribution in [0, 0.1) is 0 Å². The maximum Gasteiger partial charge on any atom is 0.326 e. The first kappa shape index (κ1) is 13.1. The molecule has 0 aromatic carbocycles.